The highest BCUT2D eigenvalue weighted by Gasteiger charge is 2.21. The number of carbonyl (C=O) groups is 2. The lowest BCUT2D eigenvalue weighted by Crippen LogP contribution is -2.18. The summed E-state index contributed by atoms with van der Waals surface area (Å²) in [5, 5.41) is 15.0. The quantitative estimate of drug-likeness (QED) is 0.524. The van der Waals surface area contributed by atoms with E-state index in [1.807, 2.05) is 18.2 Å². The normalized spacial score (nSPS) is 10.5. The molecule has 0 saturated carbocycles. The van der Waals surface area contributed by atoms with Gasteiger partial charge >= 0.3 is 0 Å². The fourth-order valence-electron chi connectivity index (χ4n) is 1.80. The molecule has 3 heterocycles. The molecule has 0 aromatic carbocycles. The molecule has 110 valence electrons. The Morgan fingerprint density at radius 2 is 2.14 bits per heavy atom. The van der Waals surface area contributed by atoms with E-state index in [9.17, 15) is 9.59 Å². The van der Waals surface area contributed by atoms with Gasteiger partial charge in [-0.3, -0.25) is 14.6 Å². The molecule has 3 rings (SSSR count). The zero-order chi connectivity index (χ0) is 15.4. The third-order valence-electron chi connectivity index (χ3n) is 2.80. The number of H-pyrrole nitrogens is 1. The van der Waals surface area contributed by atoms with Crippen LogP contribution in [0.25, 0.3) is 0 Å². The van der Waals surface area contributed by atoms with Crippen LogP contribution >= 0.6 is 11.3 Å². The van der Waals surface area contributed by atoms with Gasteiger partial charge in [-0.2, -0.15) is 5.21 Å². The van der Waals surface area contributed by atoms with E-state index in [-0.39, 0.29) is 12.2 Å². The zero-order valence-corrected chi connectivity index (χ0v) is 12.1. The molecule has 3 aromatic rings. The second-order valence-electron chi connectivity index (χ2n) is 4.39. The van der Waals surface area contributed by atoms with Crippen molar-refractivity contribution in [3.05, 3.63) is 52.0 Å². The van der Waals surface area contributed by atoms with Crippen LogP contribution in [0.2, 0.25) is 0 Å². The van der Waals surface area contributed by atoms with Crippen molar-refractivity contribution in [1.29, 1.82) is 0 Å². The first-order valence-corrected chi connectivity index (χ1v) is 7.24. The summed E-state index contributed by atoms with van der Waals surface area (Å²) in [6.45, 7) is 0. The van der Waals surface area contributed by atoms with Gasteiger partial charge < -0.3 is 0 Å². The standard InChI is InChI=1S/C13H10N6O2S/c20-10(12(21)13-16-18-19-17-13)5-9-7-22-11(15-9)6-8-3-1-2-4-14-8/h1-4,7H,5-6H2,(H,16,17,18,19). The summed E-state index contributed by atoms with van der Waals surface area (Å²) in [5.74, 6) is -1.61. The van der Waals surface area contributed by atoms with Crippen LogP contribution in [0.5, 0.6) is 0 Å². The second-order valence-corrected chi connectivity index (χ2v) is 5.34. The number of tetrazole rings is 1. The highest BCUT2D eigenvalue weighted by atomic mass is 32.1. The fraction of sp³-hybridized carbons (Fsp3) is 0.154. The Morgan fingerprint density at radius 1 is 1.23 bits per heavy atom. The van der Waals surface area contributed by atoms with E-state index >= 15 is 0 Å². The van der Waals surface area contributed by atoms with Crippen molar-refractivity contribution in [3.63, 3.8) is 0 Å². The van der Waals surface area contributed by atoms with Gasteiger partial charge in [0.15, 0.2) is 0 Å². The molecule has 0 amide bonds. The number of aromatic nitrogens is 6. The molecule has 0 saturated heterocycles. The molecule has 0 spiro atoms. The molecule has 3 aromatic heterocycles. The molecular formula is C13H10N6O2S. The lowest BCUT2D eigenvalue weighted by molar-refractivity contribution is -0.114. The highest BCUT2D eigenvalue weighted by molar-refractivity contribution is 7.09. The van der Waals surface area contributed by atoms with Crippen molar-refractivity contribution >= 4 is 22.9 Å². The first-order chi connectivity index (χ1) is 10.7. The van der Waals surface area contributed by atoms with Crippen LogP contribution in [0.15, 0.2) is 29.8 Å². The van der Waals surface area contributed by atoms with Crippen LogP contribution in [0.1, 0.15) is 27.0 Å². The SMILES string of the molecule is O=C(Cc1csc(Cc2ccccn2)n1)C(=O)c1nn[nH]n1. The van der Waals surface area contributed by atoms with Crippen LogP contribution in [0, 0.1) is 0 Å². The van der Waals surface area contributed by atoms with Crippen molar-refractivity contribution in [3.8, 4) is 0 Å². The summed E-state index contributed by atoms with van der Waals surface area (Å²) in [6, 6.07) is 5.66. The molecule has 0 bridgehead atoms. The topological polar surface area (TPSA) is 114 Å². The van der Waals surface area contributed by atoms with Crippen LogP contribution in [-0.4, -0.2) is 42.2 Å². The summed E-state index contributed by atoms with van der Waals surface area (Å²) >= 11 is 1.43. The van der Waals surface area contributed by atoms with Gasteiger partial charge in [-0.15, -0.1) is 21.5 Å². The number of aromatic amines is 1. The molecule has 0 unspecified atom stereocenters. The number of rotatable bonds is 6. The van der Waals surface area contributed by atoms with Gasteiger partial charge in [0.1, 0.15) is 0 Å². The lowest BCUT2D eigenvalue weighted by atomic mass is 10.1. The van der Waals surface area contributed by atoms with E-state index < -0.39 is 11.6 Å². The Hall–Kier alpha value is -2.81. The summed E-state index contributed by atoms with van der Waals surface area (Å²) < 4.78 is 0. The molecule has 0 fully saturated rings. The van der Waals surface area contributed by atoms with Crippen molar-refractivity contribution < 1.29 is 9.59 Å². The smallest absolute Gasteiger partial charge is 0.269 e. The Bertz CT molecular complexity index is 784. The number of pyridine rings is 1. The number of Topliss-reactive ketones (excluding diaryl/α,β-unsaturated/α-hetero) is 2. The number of hydrogen-bond acceptors (Lipinski definition) is 8. The largest absolute Gasteiger partial charge is 0.290 e. The number of hydrogen-bond donors (Lipinski definition) is 1. The van der Waals surface area contributed by atoms with Gasteiger partial charge in [0, 0.05) is 23.7 Å². The average Bonchev–Trinajstić information content (AvgIpc) is 3.19. The number of thiazole rings is 1. The van der Waals surface area contributed by atoms with Gasteiger partial charge in [0.2, 0.25) is 11.6 Å². The van der Waals surface area contributed by atoms with Crippen molar-refractivity contribution in [2.24, 2.45) is 0 Å². The molecule has 8 nitrogen and oxygen atoms in total. The van der Waals surface area contributed by atoms with Gasteiger partial charge in [-0.1, -0.05) is 6.07 Å². The summed E-state index contributed by atoms with van der Waals surface area (Å²) in [4.78, 5) is 32.2. The van der Waals surface area contributed by atoms with Gasteiger partial charge in [0.25, 0.3) is 5.78 Å². The Balaban J connectivity index is 1.64. The monoisotopic (exact) mass is 314 g/mol. The molecule has 0 aliphatic heterocycles. The molecular weight excluding hydrogens is 304 g/mol. The lowest BCUT2D eigenvalue weighted by Gasteiger charge is -1.96. The van der Waals surface area contributed by atoms with Gasteiger partial charge in [-0.05, 0) is 17.3 Å². The van der Waals surface area contributed by atoms with E-state index in [4.69, 9.17) is 0 Å². The van der Waals surface area contributed by atoms with Crippen LogP contribution in [0.4, 0.5) is 0 Å². The highest BCUT2D eigenvalue weighted by Crippen LogP contribution is 2.14. The first-order valence-electron chi connectivity index (χ1n) is 6.36. The number of ketones is 2. The van der Waals surface area contributed by atoms with E-state index in [1.165, 1.54) is 11.3 Å². The molecule has 9 heteroatoms. The molecule has 0 aliphatic rings. The van der Waals surface area contributed by atoms with E-state index in [0.29, 0.717) is 12.1 Å². The second kappa shape index (κ2) is 6.31. The maximum atomic E-state index is 11.9. The van der Waals surface area contributed by atoms with Gasteiger partial charge in [0.05, 0.1) is 17.1 Å². The number of nitrogens with zero attached hydrogens (tertiary/aromatic N) is 5. The number of nitrogens with one attached hydrogen (secondary N) is 1. The van der Waals surface area contributed by atoms with Crippen molar-refractivity contribution in [1.82, 2.24) is 30.6 Å². The van der Waals surface area contributed by atoms with Crippen molar-refractivity contribution in [2.75, 3.05) is 0 Å². The molecule has 22 heavy (non-hydrogen) atoms. The molecule has 1 N–H and O–H groups in total. The third-order valence-corrected chi connectivity index (χ3v) is 3.70. The Kier molecular flexibility index (Phi) is 4.05. The minimum atomic E-state index is -0.770. The van der Waals surface area contributed by atoms with E-state index in [1.54, 1.807) is 11.6 Å². The molecule has 0 radical (unpaired) electrons. The number of carbonyl (C=O) groups excluding carboxylic acids is 2. The van der Waals surface area contributed by atoms with Gasteiger partial charge in [-0.25, -0.2) is 4.98 Å². The summed E-state index contributed by atoms with van der Waals surface area (Å²) in [5.41, 5.74) is 1.45. The fourth-order valence-corrected chi connectivity index (χ4v) is 2.61. The van der Waals surface area contributed by atoms with Crippen LogP contribution in [-0.2, 0) is 17.6 Å². The summed E-state index contributed by atoms with van der Waals surface area (Å²) in [7, 11) is 0. The predicted octanol–water partition coefficient (Wildman–Crippen LogP) is 0.636. The molecule has 0 atom stereocenters. The Labute approximate surface area is 128 Å². The first kappa shape index (κ1) is 14.1. The Morgan fingerprint density at radius 3 is 2.86 bits per heavy atom. The van der Waals surface area contributed by atoms with E-state index in [2.05, 4.69) is 30.6 Å². The maximum absolute atomic E-state index is 11.9. The van der Waals surface area contributed by atoms with Crippen molar-refractivity contribution in [2.45, 2.75) is 12.8 Å². The minimum absolute atomic E-state index is 0.0773. The average molecular weight is 314 g/mol. The zero-order valence-electron chi connectivity index (χ0n) is 11.3. The minimum Gasteiger partial charge on any atom is -0.290 e. The summed E-state index contributed by atoms with van der Waals surface area (Å²) in [6.07, 6.45) is 2.24. The predicted molar refractivity (Wildman–Crippen MR) is 76.4 cm³/mol. The maximum Gasteiger partial charge on any atom is 0.269 e. The molecule has 0 aliphatic carbocycles. The van der Waals surface area contributed by atoms with Crippen LogP contribution < -0.4 is 0 Å². The van der Waals surface area contributed by atoms with E-state index in [0.717, 1.165) is 10.7 Å². The third kappa shape index (κ3) is 3.26. The van der Waals surface area contributed by atoms with Crippen LogP contribution in [0.3, 0.4) is 0 Å².